The summed E-state index contributed by atoms with van der Waals surface area (Å²) in [4.78, 5) is 5.78. The van der Waals surface area contributed by atoms with Gasteiger partial charge < -0.3 is 5.11 Å². The van der Waals surface area contributed by atoms with Gasteiger partial charge in [0, 0.05) is 11.8 Å². The summed E-state index contributed by atoms with van der Waals surface area (Å²) in [6, 6.07) is 24.8. The first-order valence-corrected chi connectivity index (χ1v) is 9.39. The van der Waals surface area contributed by atoms with Crippen molar-refractivity contribution in [2.75, 3.05) is 0 Å². The topological polar surface area (TPSA) is 33.1 Å². The fourth-order valence-corrected chi connectivity index (χ4v) is 4.16. The molecule has 128 valence electrons. The van der Waals surface area contributed by atoms with Crippen molar-refractivity contribution in [1.82, 2.24) is 4.98 Å². The van der Waals surface area contributed by atoms with Gasteiger partial charge in [-0.15, -0.1) is 11.3 Å². The number of aromatic nitrogens is 1. The minimum Gasteiger partial charge on any atom is -0.392 e. The van der Waals surface area contributed by atoms with E-state index in [4.69, 9.17) is 0 Å². The molecule has 1 aromatic heterocycles. The van der Waals surface area contributed by atoms with Crippen molar-refractivity contribution in [1.29, 1.82) is 0 Å². The fourth-order valence-electron chi connectivity index (χ4n) is 3.17. The van der Waals surface area contributed by atoms with Gasteiger partial charge in [0.05, 0.1) is 11.5 Å². The quantitative estimate of drug-likeness (QED) is 0.490. The van der Waals surface area contributed by atoms with Crippen LogP contribution in [0.5, 0.6) is 0 Å². The monoisotopic (exact) mass is 357 g/mol. The minimum atomic E-state index is 0.0459. The number of rotatable bonds is 4. The Kier molecular flexibility index (Phi) is 4.65. The lowest BCUT2D eigenvalue weighted by atomic mass is 9.96. The van der Waals surface area contributed by atoms with Gasteiger partial charge in [-0.2, -0.15) is 0 Å². The highest BCUT2D eigenvalue weighted by Crippen LogP contribution is 2.37. The van der Waals surface area contributed by atoms with Crippen LogP contribution in [0.15, 0.2) is 79.0 Å². The molecule has 0 unspecified atom stereocenters. The molecule has 0 spiro atoms. The highest BCUT2D eigenvalue weighted by atomic mass is 32.1. The Morgan fingerprint density at radius 1 is 0.846 bits per heavy atom. The van der Waals surface area contributed by atoms with E-state index in [9.17, 15) is 5.11 Å². The zero-order valence-corrected chi connectivity index (χ0v) is 15.3. The van der Waals surface area contributed by atoms with E-state index < -0.39 is 0 Å². The highest BCUT2D eigenvalue weighted by molar-refractivity contribution is 7.18. The van der Waals surface area contributed by atoms with Crippen LogP contribution in [-0.4, -0.2) is 10.1 Å². The van der Waals surface area contributed by atoms with Crippen molar-refractivity contribution in [2.45, 2.75) is 13.5 Å². The Hall–Kier alpha value is -2.75. The van der Waals surface area contributed by atoms with E-state index in [0.29, 0.717) is 0 Å². The van der Waals surface area contributed by atoms with E-state index in [0.717, 1.165) is 21.0 Å². The van der Waals surface area contributed by atoms with E-state index in [2.05, 4.69) is 54.4 Å². The lowest BCUT2D eigenvalue weighted by Crippen LogP contribution is -1.86. The smallest absolute Gasteiger partial charge is 0.123 e. The molecule has 3 heteroatoms. The number of hydrogen-bond acceptors (Lipinski definition) is 3. The maximum Gasteiger partial charge on any atom is 0.123 e. The van der Waals surface area contributed by atoms with Crippen molar-refractivity contribution in [3.8, 4) is 32.1 Å². The molecule has 0 saturated carbocycles. The minimum absolute atomic E-state index is 0.0459. The molecule has 0 aliphatic rings. The summed E-state index contributed by atoms with van der Waals surface area (Å²) in [5.41, 5.74) is 6.91. The van der Waals surface area contributed by atoms with Gasteiger partial charge in [0.25, 0.3) is 0 Å². The molecule has 1 heterocycles. The predicted octanol–water partition coefficient (Wildman–Crippen LogP) is 5.94. The molecule has 1 N–H and O–H groups in total. The van der Waals surface area contributed by atoms with Crippen LogP contribution in [0.1, 0.15) is 11.1 Å². The molecule has 0 fully saturated rings. The third-order valence-electron chi connectivity index (χ3n) is 4.55. The van der Waals surface area contributed by atoms with Crippen LogP contribution >= 0.6 is 11.3 Å². The maximum atomic E-state index is 9.35. The third-order valence-corrected chi connectivity index (χ3v) is 5.63. The van der Waals surface area contributed by atoms with Crippen molar-refractivity contribution < 1.29 is 5.11 Å². The van der Waals surface area contributed by atoms with E-state index >= 15 is 0 Å². The summed E-state index contributed by atoms with van der Waals surface area (Å²) in [6.45, 7) is 2.22. The van der Waals surface area contributed by atoms with Gasteiger partial charge in [0.1, 0.15) is 5.01 Å². The van der Waals surface area contributed by atoms with Crippen LogP contribution in [0.2, 0.25) is 0 Å². The molecule has 0 bridgehead atoms. The summed E-state index contributed by atoms with van der Waals surface area (Å²) in [5.74, 6) is 0. The molecule has 3 aromatic carbocycles. The molecule has 26 heavy (non-hydrogen) atoms. The van der Waals surface area contributed by atoms with Gasteiger partial charge in [-0.3, -0.25) is 0 Å². The van der Waals surface area contributed by atoms with Gasteiger partial charge in [0.15, 0.2) is 0 Å². The highest BCUT2D eigenvalue weighted by Gasteiger charge is 2.12. The van der Waals surface area contributed by atoms with E-state index in [1.165, 1.54) is 22.3 Å². The Morgan fingerprint density at radius 2 is 1.58 bits per heavy atom. The molecule has 0 aliphatic heterocycles. The zero-order chi connectivity index (χ0) is 17.9. The Bertz CT molecular complexity index is 1040. The summed E-state index contributed by atoms with van der Waals surface area (Å²) >= 11 is 1.68. The molecule has 4 rings (SSSR count). The Morgan fingerprint density at radius 3 is 2.38 bits per heavy atom. The number of nitrogens with zero attached hydrogens (tertiary/aromatic N) is 1. The van der Waals surface area contributed by atoms with Gasteiger partial charge in [0.2, 0.25) is 0 Å². The number of hydrogen-bond donors (Lipinski definition) is 1. The Balaban J connectivity index is 1.74. The molecule has 2 nitrogen and oxygen atoms in total. The second-order valence-corrected chi connectivity index (χ2v) is 7.26. The van der Waals surface area contributed by atoms with Crippen LogP contribution in [-0.2, 0) is 6.61 Å². The normalized spacial score (nSPS) is 10.8. The van der Waals surface area contributed by atoms with Crippen molar-refractivity contribution in [3.63, 3.8) is 0 Å². The van der Waals surface area contributed by atoms with Crippen molar-refractivity contribution >= 4 is 11.3 Å². The average Bonchev–Trinajstić information content (AvgIpc) is 3.19. The van der Waals surface area contributed by atoms with Gasteiger partial charge in [-0.25, -0.2) is 4.98 Å². The van der Waals surface area contributed by atoms with Crippen molar-refractivity contribution in [2.24, 2.45) is 0 Å². The summed E-state index contributed by atoms with van der Waals surface area (Å²) < 4.78 is 0. The first-order valence-electron chi connectivity index (χ1n) is 8.57. The number of benzene rings is 3. The van der Waals surface area contributed by atoms with Gasteiger partial charge in [-0.1, -0.05) is 66.7 Å². The van der Waals surface area contributed by atoms with Crippen molar-refractivity contribution in [3.05, 3.63) is 90.1 Å². The molecule has 0 atom stereocenters. The van der Waals surface area contributed by atoms with Crippen LogP contribution in [0.25, 0.3) is 32.1 Å². The van der Waals surface area contributed by atoms with Gasteiger partial charge in [-0.05, 0) is 40.8 Å². The first kappa shape index (κ1) is 16.7. The maximum absolute atomic E-state index is 9.35. The van der Waals surface area contributed by atoms with E-state index in [-0.39, 0.29) is 6.61 Å². The lowest BCUT2D eigenvalue weighted by molar-refractivity contribution is 0.282. The number of aliphatic hydroxyl groups excluding tert-OH is 1. The lowest BCUT2D eigenvalue weighted by Gasteiger charge is -2.10. The largest absolute Gasteiger partial charge is 0.392 e. The fraction of sp³-hybridized carbons (Fsp3) is 0.0870. The average molecular weight is 357 g/mol. The zero-order valence-electron chi connectivity index (χ0n) is 14.5. The third kappa shape index (κ3) is 3.19. The summed E-state index contributed by atoms with van der Waals surface area (Å²) in [5, 5.41) is 10.3. The summed E-state index contributed by atoms with van der Waals surface area (Å²) in [6.07, 6.45) is 1.95. The van der Waals surface area contributed by atoms with Crippen LogP contribution in [0, 0.1) is 6.92 Å². The molecular weight excluding hydrogens is 338 g/mol. The van der Waals surface area contributed by atoms with Crippen LogP contribution < -0.4 is 0 Å². The Labute approximate surface area is 157 Å². The van der Waals surface area contributed by atoms with Crippen LogP contribution in [0.3, 0.4) is 0 Å². The molecule has 0 saturated heterocycles. The molecular formula is C23H19NOS. The van der Waals surface area contributed by atoms with E-state index in [1.807, 2.05) is 36.5 Å². The standard InChI is InChI=1S/C23H19NOS/c1-16-20(18-8-3-2-4-9-18)11-6-12-21(16)22-14-24-23(26-22)19-10-5-7-17(13-19)15-25/h2-14,25H,15H2,1H3. The molecule has 4 aromatic rings. The summed E-state index contributed by atoms with van der Waals surface area (Å²) in [7, 11) is 0. The molecule has 0 aliphatic carbocycles. The number of thiazole rings is 1. The van der Waals surface area contributed by atoms with Gasteiger partial charge >= 0.3 is 0 Å². The second-order valence-electron chi connectivity index (χ2n) is 6.23. The SMILES string of the molecule is Cc1c(-c2ccccc2)cccc1-c1cnc(-c2cccc(CO)c2)s1. The molecule has 0 radical (unpaired) electrons. The van der Waals surface area contributed by atoms with Crippen LogP contribution in [0.4, 0.5) is 0 Å². The predicted molar refractivity (Wildman–Crippen MR) is 109 cm³/mol. The first-order chi connectivity index (χ1) is 12.8. The number of aliphatic hydroxyl groups is 1. The second kappa shape index (κ2) is 7.24. The van der Waals surface area contributed by atoms with E-state index in [1.54, 1.807) is 11.3 Å². The molecule has 0 amide bonds.